The number of aryl methyl sites for hydroxylation is 1. The quantitative estimate of drug-likeness (QED) is 0.747. The molecule has 0 radical (unpaired) electrons. The minimum absolute atomic E-state index is 0.0204. The van der Waals surface area contributed by atoms with Crippen molar-refractivity contribution in [2.75, 3.05) is 31.7 Å². The highest BCUT2D eigenvalue weighted by molar-refractivity contribution is 7.91. The fraction of sp³-hybridized carbons (Fsp3) is 0.786. The van der Waals surface area contributed by atoms with Crippen LogP contribution in [-0.2, 0) is 25.8 Å². The number of piperidine rings is 1. The first-order valence-corrected chi connectivity index (χ1v) is 9.74. The van der Waals surface area contributed by atoms with Crippen LogP contribution in [0, 0.1) is 18.8 Å². The van der Waals surface area contributed by atoms with Crippen LogP contribution in [0.3, 0.4) is 0 Å². The lowest BCUT2D eigenvalue weighted by Crippen LogP contribution is -2.46. The van der Waals surface area contributed by atoms with E-state index in [4.69, 9.17) is 9.15 Å². The molecule has 1 aromatic heterocycles. The number of likely N-dealkylation sites (tertiary alicyclic amines) is 1. The summed E-state index contributed by atoms with van der Waals surface area (Å²) in [5.41, 5.74) is 0. The van der Waals surface area contributed by atoms with Gasteiger partial charge in [0.05, 0.1) is 19.1 Å². The van der Waals surface area contributed by atoms with Gasteiger partial charge in [-0.2, -0.15) is 0 Å². The second-order valence-electron chi connectivity index (χ2n) is 6.41. The normalized spacial score (nSPS) is 27.9. The van der Waals surface area contributed by atoms with Gasteiger partial charge in [-0.1, -0.05) is 0 Å². The molecule has 3 rings (SSSR count). The maximum absolute atomic E-state index is 12.1. The smallest absolute Gasteiger partial charge is 0.237 e. The molecule has 9 heteroatoms. The Kier molecular flexibility index (Phi) is 4.41. The van der Waals surface area contributed by atoms with Gasteiger partial charge >= 0.3 is 0 Å². The van der Waals surface area contributed by atoms with Gasteiger partial charge in [0.2, 0.25) is 17.7 Å². The fourth-order valence-electron chi connectivity index (χ4n) is 3.43. The third kappa shape index (κ3) is 3.89. The zero-order chi connectivity index (χ0) is 16.6. The number of ether oxygens (including phenoxy) is 1. The maximum atomic E-state index is 12.1. The lowest BCUT2D eigenvalue weighted by atomic mass is 9.83. The van der Waals surface area contributed by atoms with Gasteiger partial charge in [0, 0.05) is 32.2 Å². The predicted molar refractivity (Wildman–Crippen MR) is 80.4 cm³/mol. The van der Waals surface area contributed by atoms with Crippen molar-refractivity contribution in [1.29, 1.82) is 0 Å². The predicted octanol–water partition coefficient (Wildman–Crippen LogP) is -0.171. The van der Waals surface area contributed by atoms with Crippen LogP contribution < -0.4 is 0 Å². The molecule has 2 fully saturated rings. The average molecular weight is 343 g/mol. The number of amides is 1. The highest BCUT2D eigenvalue weighted by Gasteiger charge is 2.42. The molecule has 1 aromatic rings. The molecule has 0 N–H and O–H groups in total. The van der Waals surface area contributed by atoms with Gasteiger partial charge in [-0.05, 0) is 12.3 Å². The van der Waals surface area contributed by atoms with E-state index in [9.17, 15) is 13.2 Å². The lowest BCUT2D eigenvalue weighted by molar-refractivity contribution is -0.130. The Morgan fingerprint density at radius 3 is 2.83 bits per heavy atom. The van der Waals surface area contributed by atoms with Gasteiger partial charge in [0.25, 0.3) is 0 Å². The van der Waals surface area contributed by atoms with Crippen molar-refractivity contribution in [3.05, 3.63) is 11.8 Å². The van der Waals surface area contributed by atoms with Crippen molar-refractivity contribution in [3.8, 4) is 0 Å². The number of nitrogens with zero attached hydrogens (tertiary/aromatic N) is 3. The number of sulfone groups is 1. The van der Waals surface area contributed by atoms with E-state index in [2.05, 4.69) is 10.2 Å². The van der Waals surface area contributed by atoms with Crippen LogP contribution in [0.1, 0.15) is 18.2 Å². The minimum Gasteiger partial charge on any atom is -0.425 e. The second kappa shape index (κ2) is 6.20. The largest absolute Gasteiger partial charge is 0.425 e. The topological polar surface area (TPSA) is 103 Å². The summed E-state index contributed by atoms with van der Waals surface area (Å²) in [4.78, 5) is 13.7. The molecule has 0 spiro atoms. The SMILES string of the molecule is Cc1nnc(C[C@@H]2OC[C@H]3CN(C(=O)CS(C)(=O)=O)CC[C@H]32)o1. The number of hydrogen-bond donors (Lipinski definition) is 0. The molecule has 0 saturated carbocycles. The molecular formula is C14H21N3O5S. The molecule has 1 amide bonds. The van der Waals surface area contributed by atoms with Gasteiger partial charge < -0.3 is 14.1 Å². The van der Waals surface area contributed by atoms with Crippen molar-refractivity contribution < 1.29 is 22.4 Å². The van der Waals surface area contributed by atoms with Crippen molar-refractivity contribution in [1.82, 2.24) is 15.1 Å². The summed E-state index contributed by atoms with van der Waals surface area (Å²) in [5, 5.41) is 7.82. The molecular weight excluding hydrogens is 322 g/mol. The summed E-state index contributed by atoms with van der Waals surface area (Å²) in [7, 11) is -3.29. The van der Waals surface area contributed by atoms with E-state index in [0.717, 1.165) is 12.7 Å². The lowest BCUT2D eigenvalue weighted by Gasteiger charge is -2.35. The molecule has 3 atom stereocenters. The monoisotopic (exact) mass is 343 g/mol. The first-order valence-electron chi connectivity index (χ1n) is 7.68. The molecule has 0 bridgehead atoms. The summed E-state index contributed by atoms with van der Waals surface area (Å²) >= 11 is 0. The average Bonchev–Trinajstić information content (AvgIpc) is 3.04. The zero-order valence-corrected chi connectivity index (χ0v) is 14.1. The molecule has 3 heterocycles. The van der Waals surface area contributed by atoms with E-state index in [-0.39, 0.29) is 17.9 Å². The van der Waals surface area contributed by atoms with Crippen molar-refractivity contribution >= 4 is 15.7 Å². The van der Waals surface area contributed by atoms with Gasteiger partial charge in [-0.3, -0.25) is 4.79 Å². The highest BCUT2D eigenvalue weighted by atomic mass is 32.2. The highest BCUT2D eigenvalue weighted by Crippen LogP contribution is 2.35. The molecule has 2 aliphatic heterocycles. The molecule has 128 valence electrons. The number of fused-ring (bicyclic) bond motifs is 1. The Balaban J connectivity index is 1.58. The van der Waals surface area contributed by atoms with Gasteiger partial charge in [-0.25, -0.2) is 8.42 Å². The summed E-state index contributed by atoms with van der Waals surface area (Å²) < 4.78 is 33.8. The van der Waals surface area contributed by atoms with Crippen LogP contribution in [0.5, 0.6) is 0 Å². The third-order valence-electron chi connectivity index (χ3n) is 4.48. The number of rotatable bonds is 4. The Morgan fingerprint density at radius 1 is 1.39 bits per heavy atom. The summed E-state index contributed by atoms with van der Waals surface area (Å²) in [6.07, 6.45) is 2.49. The third-order valence-corrected chi connectivity index (χ3v) is 5.25. The zero-order valence-electron chi connectivity index (χ0n) is 13.3. The molecule has 0 aliphatic carbocycles. The van der Waals surface area contributed by atoms with Crippen LogP contribution in [0.4, 0.5) is 0 Å². The Morgan fingerprint density at radius 2 is 2.17 bits per heavy atom. The summed E-state index contributed by atoms with van der Waals surface area (Å²) in [6.45, 7) is 3.45. The van der Waals surface area contributed by atoms with Crippen molar-refractivity contribution in [2.45, 2.75) is 25.9 Å². The van der Waals surface area contributed by atoms with E-state index < -0.39 is 15.6 Å². The fourth-order valence-corrected chi connectivity index (χ4v) is 4.06. The Labute approximate surface area is 135 Å². The first-order chi connectivity index (χ1) is 10.8. The van der Waals surface area contributed by atoms with Crippen LogP contribution >= 0.6 is 0 Å². The second-order valence-corrected chi connectivity index (χ2v) is 8.55. The molecule has 0 unspecified atom stereocenters. The minimum atomic E-state index is -3.29. The van der Waals surface area contributed by atoms with E-state index in [1.807, 2.05) is 0 Å². The number of aromatic nitrogens is 2. The number of carbonyl (C=O) groups excluding carboxylic acids is 1. The first kappa shape index (κ1) is 16.4. The molecule has 8 nitrogen and oxygen atoms in total. The van der Waals surface area contributed by atoms with Crippen LogP contribution in [0.25, 0.3) is 0 Å². The van der Waals surface area contributed by atoms with Gasteiger partial charge in [0.1, 0.15) is 5.75 Å². The summed E-state index contributed by atoms with van der Waals surface area (Å²) in [6, 6.07) is 0. The maximum Gasteiger partial charge on any atom is 0.237 e. The summed E-state index contributed by atoms with van der Waals surface area (Å²) in [5.74, 6) is 0.947. The van der Waals surface area contributed by atoms with Crippen molar-refractivity contribution in [2.24, 2.45) is 11.8 Å². The molecule has 0 aromatic carbocycles. The Bertz CT molecular complexity index is 686. The standard InChI is InChI=1S/C14H21N3O5S/c1-9-15-16-13(22-9)5-12-11-3-4-17(6-10(11)7-21-12)14(18)8-23(2,19)20/h10-12H,3-8H2,1-2H3/t10-,11-,12+/m1/s1. The van der Waals surface area contributed by atoms with Crippen LogP contribution in [-0.4, -0.2) is 67.2 Å². The molecule has 23 heavy (non-hydrogen) atoms. The number of hydrogen-bond acceptors (Lipinski definition) is 7. The molecule has 2 aliphatic rings. The molecule has 2 saturated heterocycles. The van der Waals surface area contributed by atoms with E-state index in [1.165, 1.54) is 0 Å². The van der Waals surface area contributed by atoms with Crippen LogP contribution in [0.15, 0.2) is 4.42 Å². The van der Waals surface area contributed by atoms with E-state index in [1.54, 1.807) is 11.8 Å². The van der Waals surface area contributed by atoms with Gasteiger partial charge in [0.15, 0.2) is 9.84 Å². The Hall–Kier alpha value is -1.48. The van der Waals surface area contributed by atoms with Gasteiger partial charge in [-0.15, -0.1) is 10.2 Å². The van der Waals surface area contributed by atoms with E-state index >= 15 is 0 Å². The van der Waals surface area contributed by atoms with Crippen molar-refractivity contribution in [3.63, 3.8) is 0 Å². The number of carbonyl (C=O) groups is 1. The van der Waals surface area contributed by atoms with Crippen LogP contribution in [0.2, 0.25) is 0 Å². The van der Waals surface area contributed by atoms with E-state index in [0.29, 0.717) is 43.8 Å².